The Morgan fingerprint density at radius 2 is 2.00 bits per heavy atom. The molecular weight excluding hydrogens is 162 g/mol. The van der Waals surface area contributed by atoms with E-state index in [9.17, 15) is 0 Å². The van der Waals surface area contributed by atoms with E-state index in [1.54, 1.807) is 0 Å². The van der Waals surface area contributed by atoms with Gasteiger partial charge in [0.1, 0.15) is 0 Å². The minimum atomic E-state index is 0.287. The van der Waals surface area contributed by atoms with Crippen LogP contribution in [0.5, 0.6) is 0 Å². The van der Waals surface area contributed by atoms with Gasteiger partial charge in [-0.2, -0.15) is 0 Å². The van der Waals surface area contributed by atoms with E-state index in [-0.39, 0.29) is 6.10 Å². The summed E-state index contributed by atoms with van der Waals surface area (Å²) >= 11 is 0. The van der Waals surface area contributed by atoms with Crippen molar-refractivity contribution in [3.05, 3.63) is 35.4 Å². The number of hydrogen-bond acceptors (Lipinski definition) is 2. The second kappa shape index (κ2) is 2.82. The minimum Gasteiger partial charge on any atom is -0.371 e. The van der Waals surface area contributed by atoms with Crippen molar-refractivity contribution in [1.29, 1.82) is 0 Å². The topological polar surface area (TPSA) is 21.3 Å². The molecule has 3 heterocycles. The van der Waals surface area contributed by atoms with Gasteiger partial charge in [-0.1, -0.05) is 24.3 Å². The first kappa shape index (κ1) is 7.54. The van der Waals surface area contributed by atoms with Gasteiger partial charge in [-0.15, -0.1) is 0 Å². The SMILES string of the molecule is c1ccc2c(c1)C1CNCC2OC1. The van der Waals surface area contributed by atoms with E-state index in [2.05, 4.69) is 29.6 Å². The summed E-state index contributed by atoms with van der Waals surface area (Å²) < 4.78 is 5.77. The Morgan fingerprint density at radius 1 is 1.15 bits per heavy atom. The average molecular weight is 175 g/mol. The molecule has 2 heteroatoms. The van der Waals surface area contributed by atoms with Gasteiger partial charge in [-0.05, 0) is 11.1 Å². The lowest BCUT2D eigenvalue weighted by molar-refractivity contribution is 0.0467. The van der Waals surface area contributed by atoms with E-state index in [0.717, 1.165) is 19.7 Å². The van der Waals surface area contributed by atoms with Crippen LogP contribution in [-0.2, 0) is 4.74 Å². The van der Waals surface area contributed by atoms with E-state index in [4.69, 9.17) is 4.74 Å². The molecule has 1 saturated heterocycles. The molecule has 1 aromatic carbocycles. The highest BCUT2D eigenvalue weighted by atomic mass is 16.5. The maximum atomic E-state index is 5.77. The molecule has 4 rings (SSSR count). The van der Waals surface area contributed by atoms with Crippen molar-refractivity contribution < 1.29 is 4.74 Å². The van der Waals surface area contributed by atoms with E-state index in [1.165, 1.54) is 11.1 Å². The third kappa shape index (κ3) is 1.10. The fourth-order valence-corrected chi connectivity index (χ4v) is 2.31. The molecule has 1 N–H and O–H groups in total. The van der Waals surface area contributed by atoms with Crippen LogP contribution in [0.4, 0.5) is 0 Å². The molecule has 0 aliphatic carbocycles. The highest BCUT2D eigenvalue weighted by Crippen LogP contribution is 2.35. The summed E-state index contributed by atoms with van der Waals surface area (Å²) in [6, 6.07) is 8.66. The fourth-order valence-electron chi connectivity index (χ4n) is 2.31. The summed E-state index contributed by atoms with van der Waals surface area (Å²) in [5, 5.41) is 3.43. The molecule has 2 atom stereocenters. The lowest BCUT2D eigenvalue weighted by atomic mass is 9.91. The van der Waals surface area contributed by atoms with E-state index in [0.29, 0.717) is 5.92 Å². The first-order chi connectivity index (χ1) is 6.45. The number of fused-ring (bicyclic) bond motifs is 3. The zero-order valence-electron chi connectivity index (χ0n) is 7.49. The molecule has 0 amide bonds. The standard InChI is InChI=1S/C11H13NO/c1-2-4-10-9(3-1)8-5-12-6-11(10)13-7-8/h1-4,8,11-12H,5-7H2. The molecule has 0 radical (unpaired) electrons. The van der Waals surface area contributed by atoms with Gasteiger partial charge in [0.25, 0.3) is 0 Å². The predicted molar refractivity (Wildman–Crippen MR) is 50.7 cm³/mol. The van der Waals surface area contributed by atoms with Crippen LogP contribution in [0.1, 0.15) is 23.1 Å². The largest absolute Gasteiger partial charge is 0.371 e. The van der Waals surface area contributed by atoms with Crippen molar-refractivity contribution in [3.8, 4) is 0 Å². The summed E-state index contributed by atoms with van der Waals surface area (Å²) in [6.07, 6.45) is 0.287. The van der Waals surface area contributed by atoms with Gasteiger partial charge in [-0.3, -0.25) is 0 Å². The average Bonchev–Trinajstić information content (AvgIpc) is 2.52. The smallest absolute Gasteiger partial charge is 0.0952 e. The second-order valence-electron chi connectivity index (χ2n) is 3.81. The highest BCUT2D eigenvalue weighted by Gasteiger charge is 2.30. The van der Waals surface area contributed by atoms with Crippen molar-refractivity contribution in [2.24, 2.45) is 0 Å². The molecule has 3 aliphatic heterocycles. The van der Waals surface area contributed by atoms with Crippen LogP contribution in [-0.4, -0.2) is 19.7 Å². The lowest BCUT2D eigenvalue weighted by Gasteiger charge is -2.26. The van der Waals surface area contributed by atoms with Crippen LogP contribution in [0.15, 0.2) is 24.3 Å². The summed E-state index contributed by atoms with van der Waals surface area (Å²) in [7, 11) is 0. The first-order valence-corrected chi connectivity index (χ1v) is 4.86. The number of ether oxygens (including phenoxy) is 1. The number of rotatable bonds is 0. The van der Waals surface area contributed by atoms with E-state index >= 15 is 0 Å². The summed E-state index contributed by atoms with van der Waals surface area (Å²) in [5.41, 5.74) is 2.88. The number of nitrogens with one attached hydrogen (secondary N) is 1. The molecule has 2 unspecified atom stereocenters. The first-order valence-electron chi connectivity index (χ1n) is 4.86. The van der Waals surface area contributed by atoms with Crippen LogP contribution < -0.4 is 5.32 Å². The van der Waals surface area contributed by atoms with Crippen LogP contribution in [0.2, 0.25) is 0 Å². The van der Waals surface area contributed by atoms with E-state index in [1.807, 2.05) is 0 Å². The van der Waals surface area contributed by atoms with Gasteiger partial charge in [0, 0.05) is 19.0 Å². The summed E-state index contributed by atoms with van der Waals surface area (Å²) in [5.74, 6) is 0.565. The maximum absolute atomic E-state index is 5.77. The van der Waals surface area contributed by atoms with E-state index < -0.39 is 0 Å². The molecule has 1 aromatic rings. The van der Waals surface area contributed by atoms with Crippen molar-refractivity contribution in [2.75, 3.05) is 19.7 Å². The molecule has 0 aromatic heterocycles. The van der Waals surface area contributed by atoms with Crippen molar-refractivity contribution >= 4 is 0 Å². The molecule has 3 aliphatic rings. The molecule has 0 spiro atoms. The Balaban J connectivity index is 2.15. The predicted octanol–water partition coefficient (Wildman–Crippen LogP) is 1.44. The Bertz CT molecular complexity index is 289. The maximum Gasteiger partial charge on any atom is 0.0952 e. The van der Waals surface area contributed by atoms with Gasteiger partial charge in [0.2, 0.25) is 0 Å². The number of benzene rings is 1. The minimum absolute atomic E-state index is 0.287. The molecule has 2 nitrogen and oxygen atoms in total. The zero-order chi connectivity index (χ0) is 8.67. The summed E-state index contributed by atoms with van der Waals surface area (Å²) in [4.78, 5) is 0. The van der Waals surface area contributed by atoms with Crippen LogP contribution in [0.25, 0.3) is 0 Å². The zero-order valence-corrected chi connectivity index (χ0v) is 7.49. The summed E-state index contributed by atoms with van der Waals surface area (Å²) in [6.45, 7) is 2.91. The third-order valence-corrected chi connectivity index (χ3v) is 3.00. The Hall–Kier alpha value is -0.860. The number of hydrogen-bond donors (Lipinski definition) is 1. The van der Waals surface area contributed by atoms with Crippen LogP contribution in [0.3, 0.4) is 0 Å². The van der Waals surface area contributed by atoms with Crippen LogP contribution >= 0.6 is 0 Å². The third-order valence-electron chi connectivity index (χ3n) is 3.00. The normalized spacial score (nSPS) is 31.1. The Labute approximate surface area is 77.9 Å². The van der Waals surface area contributed by atoms with Crippen molar-refractivity contribution in [2.45, 2.75) is 12.0 Å². The fraction of sp³-hybridized carbons (Fsp3) is 0.455. The lowest BCUT2D eigenvalue weighted by Crippen LogP contribution is -2.19. The molecular formula is C11H13NO. The van der Waals surface area contributed by atoms with Crippen LogP contribution in [0, 0.1) is 0 Å². The Kier molecular flexibility index (Phi) is 1.64. The van der Waals surface area contributed by atoms with Gasteiger partial charge in [0.15, 0.2) is 0 Å². The van der Waals surface area contributed by atoms with Crippen molar-refractivity contribution in [1.82, 2.24) is 5.32 Å². The molecule has 1 fully saturated rings. The Morgan fingerprint density at radius 3 is 2.92 bits per heavy atom. The van der Waals surface area contributed by atoms with Gasteiger partial charge >= 0.3 is 0 Å². The molecule has 0 saturated carbocycles. The molecule has 2 bridgehead atoms. The quantitative estimate of drug-likeness (QED) is 0.644. The van der Waals surface area contributed by atoms with Gasteiger partial charge < -0.3 is 10.1 Å². The molecule has 13 heavy (non-hydrogen) atoms. The van der Waals surface area contributed by atoms with Gasteiger partial charge in [-0.25, -0.2) is 0 Å². The van der Waals surface area contributed by atoms with Gasteiger partial charge in [0.05, 0.1) is 12.7 Å². The highest BCUT2D eigenvalue weighted by molar-refractivity contribution is 5.35. The monoisotopic (exact) mass is 175 g/mol. The van der Waals surface area contributed by atoms with Crippen molar-refractivity contribution in [3.63, 3.8) is 0 Å². The second-order valence-corrected chi connectivity index (χ2v) is 3.81. The molecule has 68 valence electrons.